The molecule has 0 bridgehead atoms. The molecule has 0 aliphatic carbocycles. The summed E-state index contributed by atoms with van der Waals surface area (Å²) in [7, 11) is -4.74. The average Bonchev–Trinajstić information content (AvgIpc) is 2.18. The van der Waals surface area contributed by atoms with E-state index in [4.69, 9.17) is 0 Å². The van der Waals surface area contributed by atoms with Crippen LogP contribution in [0.5, 0.6) is 0 Å². The molecule has 122 valence electrons. The van der Waals surface area contributed by atoms with Gasteiger partial charge in [0.15, 0.2) is 0 Å². The highest BCUT2D eigenvalue weighted by Crippen LogP contribution is 2.38. The van der Waals surface area contributed by atoms with Gasteiger partial charge in [-0.3, -0.25) is 0 Å². The molecule has 0 amide bonds. The van der Waals surface area contributed by atoms with Crippen molar-refractivity contribution in [3.8, 4) is 0 Å². The van der Waals surface area contributed by atoms with Gasteiger partial charge in [0.1, 0.15) is 0 Å². The Morgan fingerprint density at radius 2 is 0.700 bits per heavy atom. The summed E-state index contributed by atoms with van der Waals surface area (Å²) in [4.78, 5) is 0. The van der Waals surface area contributed by atoms with Crippen LogP contribution >= 0.6 is 0 Å². The summed E-state index contributed by atoms with van der Waals surface area (Å²) in [6.45, 7) is 0. The third-order valence-corrected chi connectivity index (χ3v) is 6.01. The molecular formula is C9H12F10Si. The molecule has 0 spiro atoms. The van der Waals surface area contributed by atoms with Crippen molar-refractivity contribution in [2.24, 2.45) is 0 Å². The maximum atomic E-state index is 14.0. The largest absolute Gasteiger partial charge is 0.388 e. The highest BCUT2D eigenvalue weighted by molar-refractivity contribution is 6.73. The first kappa shape index (κ1) is 19.5. The van der Waals surface area contributed by atoms with Crippen molar-refractivity contribution in [3.05, 3.63) is 0 Å². The van der Waals surface area contributed by atoms with E-state index < -0.39 is 64.3 Å². The zero-order valence-corrected chi connectivity index (χ0v) is 11.0. The number of rotatable bonds is 6. The van der Waals surface area contributed by atoms with Crippen molar-refractivity contribution >= 4 is 8.41 Å². The van der Waals surface area contributed by atoms with E-state index in [9.17, 15) is 43.6 Å². The van der Waals surface area contributed by atoms with Crippen LogP contribution in [0, 0.1) is 0 Å². The van der Waals surface area contributed by atoms with E-state index in [-0.39, 0.29) is 0 Å². The van der Waals surface area contributed by atoms with Gasteiger partial charge in [-0.1, -0.05) is 0 Å². The SMILES string of the molecule is FC(F)(F)CC[Si](F)(CCC(F)(F)F)CCC(F)(F)F. The Hall–Kier alpha value is -0.483. The molecule has 0 saturated carbocycles. The summed E-state index contributed by atoms with van der Waals surface area (Å²) in [5.41, 5.74) is 0. The normalized spacial score (nSPS) is 14.7. The first-order valence-electron chi connectivity index (χ1n) is 5.51. The van der Waals surface area contributed by atoms with E-state index in [1.165, 1.54) is 0 Å². The lowest BCUT2D eigenvalue weighted by Gasteiger charge is -2.24. The van der Waals surface area contributed by atoms with Gasteiger partial charge in [0, 0.05) is 19.3 Å². The molecule has 0 saturated heterocycles. The highest BCUT2D eigenvalue weighted by atomic mass is 28.4. The number of alkyl halides is 9. The first-order valence-corrected chi connectivity index (χ1v) is 8.01. The zero-order valence-electron chi connectivity index (χ0n) is 10.0. The molecule has 0 rings (SSSR count). The van der Waals surface area contributed by atoms with Gasteiger partial charge in [-0.25, -0.2) is 0 Å². The van der Waals surface area contributed by atoms with Gasteiger partial charge in [-0.05, 0) is 18.1 Å². The van der Waals surface area contributed by atoms with Crippen LogP contribution in [-0.2, 0) is 0 Å². The summed E-state index contributed by atoms with van der Waals surface area (Å²) in [6.07, 6.45) is -19.5. The van der Waals surface area contributed by atoms with Crippen LogP contribution in [0.15, 0.2) is 0 Å². The van der Waals surface area contributed by atoms with E-state index in [2.05, 4.69) is 0 Å². The fourth-order valence-electron chi connectivity index (χ4n) is 1.47. The smallest absolute Gasteiger partial charge is 0.314 e. The van der Waals surface area contributed by atoms with Gasteiger partial charge in [-0.2, -0.15) is 39.5 Å². The first-order chi connectivity index (χ1) is 8.62. The summed E-state index contributed by atoms with van der Waals surface area (Å²) in [6, 6.07) is -3.83. The number of halogens is 10. The van der Waals surface area contributed by atoms with E-state index >= 15 is 0 Å². The summed E-state index contributed by atoms with van der Waals surface area (Å²) < 4.78 is 122. The molecule has 0 aliphatic heterocycles. The standard InChI is InChI=1S/C9H12F10Si/c10-7(11,12)1-4-20(19,5-2-8(13,14)15)6-3-9(16,17)18/h1-6H2. The monoisotopic (exact) mass is 338 g/mol. The summed E-state index contributed by atoms with van der Waals surface area (Å²) >= 11 is 0. The maximum absolute atomic E-state index is 14.0. The average molecular weight is 338 g/mol. The molecule has 0 fully saturated rings. The molecule has 0 aromatic rings. The van der Waals surface area contributed by atoms with Crippen molar-refractivity contribution in [3.63, 3.8) is 0 Å². The third-order valence-electron chi connectivity index (χ3n) is 2.57. The molecule has 11 heteroatoms. The van der Waals surface area contributed by atoms with Crippen LogP contribution in [0.2, 0.25) is 18.1 Å². The minimum absolute atomic E-state index is 1.28. The zero-order chi connectivity index (χ0) is 16.2. The van der Waals surface area contributed by atoms with Crippen molar-refractivity contribution < 1.29 is 43.6 Å². The third kappa shape index (κ3) is 11.4. The Balaban J connectivity index is 4.66. The van der Waals surface area contributed by atoms with Crippen LogP contribution in [0.1, 0.15) is 19.3 Å². The minimum atomic E-state index is -4.80. The molecule has 0 aliphatic rings. The fraction of sp³-hybridized carbons (Fsp3) is 1.00. The lowest BCUT2D eigenvalue weighted by molar-refractivity contribution is -0.133. The fourth-order valence-corrected chi connectivity index (χ4v) is 4.42. The van der Waals surface area contributed by atoms with Crippen molar-refractivity contribution in [1.82, 2.24) is 0 Å². The second-order valence-electron chi connectivity index (χ2n) is 4.50. The van der Waals surface area contributed by atoms with E-state index in [1.54, 1.807) is 0 Å². The van der Waals surface area contributed by atoms with Crippen molar-refractivity contribution in [2.75, 3.05) is 0 Å². The summed E-state index contributed by atoms with van der Waals surface area (Å²) in [5, 5.41) is 0. The Labute approximate surface area is 109 Å². The molecule has 0 unspecified atom stereocenters. The molecule has 0 N–H and O–H groups in total. The van der Waals surface area contributed by atoms with Gasteiger partial charge in [0.25, 0.3) is 0 Å². The van der Waals surface area contributed by atoms with Gasteiger partial charge < -0.3 is 4.11 Å². The van der Waals surface area contributed by atoms with Gasteiger partial charge >= 0.3 is 18.5 Å². The van der Waals surface area contributed by atoms with Crippen molar-refractivity contribution in [1.29, 1.82) is 0 Å². The topological polar surface area (TPSA) is 0 Å². The molecule has 0 aromatic carbocycles. The molecular weight excluding hydrogens is 326 g/mol. The van der Waals surface area contributed by atoms with Crippen LogP contribution in [0.4, 0.5) is 43.6 Å². The van der Waals surface area contributed by atoms with Crippen LogP contribution in [0.25, 0.3) is 0 Å². The van der Waals surface area contributed by atoms with Gasteiger partial charge in [0.2, 0.25) is 8.41 Å². The lowest BCUT2D eigenvalue weighted by Crippen LogP contribution is -2.33. The summed E-state index contributed by atoms with van der Waals surface area (Å²) in [5.74, 6) is 0. The van der Waals surface area contributed by atoms with E-state index in [1.807, 2.05) is 0 Å². The van der Waals surface area contributed by atoms with Crippen LogP contribution in [0.3, 0.4) is 0 Å². The van der Waals surface area contributed by atoms with Gasteiger partial charge in [-0.15, -0.1) is 0 Å². The lowest BCUT2D eigenvalue weighted by atomic mass is 10.5. The Bertz CT molecular complexity index is 243. The Kier molecular flexibility index (Phi) is 6.36. The number of hydrogen-bond donors (Lipinski definition) is 0. The Morgan fingerprint density at radius 1 is 0.500 bits per heavy atom. The van der Waals surface area contributed by atoms with Crippen LogP contribution in [-0.4, -0.2) is 26.9 Å². The predicted octanol–water partition coefficient (Wildman–Crippen LogP) is 5.76. The molecule has 0 nitrogen and oxygen atoms in total. The number of hydrogen-bond acceptors (Lipinski definition) is 0. The predicted molar refractivity (Wildman–Crippen MR) is 53.3 cm³/mol. The second kappa shape index (κ2) is 6.52. The van der Waals surface area contributed by atoms with E-state index in [0.29, 0.717) is 0 Å². The maximum Gasteiger partial charge on any atom is 0.388 e. The quantitative estimate of drug-likeness (QED) is 0.328. The van der Waals surface area contributed by atoms with E-state index in [0.717, 1.165) is 0 Å². The molecule has 0 heterocycles. The minimum Gasteiger partial charge on any atom is -0.314 e. The van der Waals surface area contributed by atoms with Crippen molar-refractivity contribution in [2.45, 2.75) is 55.9 Å². The molecule has 0 aromatic heterocycles. The molecule has 0 atom stereocenters. The second-order valence-corrected chi connectivity index (χ2v) is 8.30. The molecule has 0 radical (unpaired) electrons. The van der Waals surface area contributed by atoms with Gasteiger partial charge in [0.05, 0.1) is 0 Å². The molecule has 20 heavy (non-hydrogen) atoms. The highest BCUT2D eigenvalue weighted by Gasteiger charge is 2.44. The Morgan fingerprint density at radius 3 is 0.850 bits per heavy atom. The van der Waals surface area contributed by atoms with Crippen LogP contribution < -0.4 is 0 Å².